The molecule has 0 saturated carbocycles. The molecule has 1 aliphatic heterocycles. The molecule has 100 valence electrons. The zero-order chi connectivity index (χ0) is 14.0. The summed E-state index contributed by atoms with van der Waals surface area (Å²) in [5.74, 6) is -0.477. The third kappa shape index (κ3) is 2.47. The van der Waals surface area contributed by atoms with E-state index in [4.69, 9.17) is 0 Å². The lowest BCUT2D eigenvalue weighted by atomic mass is 10.1. The predicted molar refractivity (Wildman–Crippen MR) is 68.8 cm³/mol. The average Bonchev–Trinajstić information content (AvgIpc) is 2.37. The van der Waals surface area contributed by atoms with Crippen LogP contribution in [-0.2, 0) is 9.59 Å². The number of nitrogens with zero attached hydrogens (tertiary/aromatic N) is 2. The van der Waals surface area contributed by atoms with Gasteiger partial charge in [0.25, 0.3) is 0 Å². The van der Waals surface area contributed by atoms with E-state index in [1.165, 1.54) is 6.92 Å². The summed E-state index contributed by atoms with van der Waals surface area (Å²) in [5.41, 5.74) is 0.420. The molecule has 2 amide bonds. The van der Waals surface area contributed by atoms with Crippen molar-refractivity contribution in [3.05, 3.63) is 23.9 Å². The van der Waals surface area contributed by atoms with Crippen molar-refractivity contribution in [2.75, 3.05) is 11.4 Å². The Labute approximate surface area is 110 Å². The molecule has 1 aromatic heterocycles. The Kier molecular flexibility index (Phi) is 3.59. The number of imide groups is 1. The summed E-state index contributed by atoms with van der Waals surface area (Å²) in [7, 11) is 0. The molecule has 1 saturated heterocycles. The Bertz CT molecular complexity index is 542. The van der Waals surface area contributed by atoms with Crippen LogP contribution in [0.15, 0.2) is 18.3 Å². The van der Waals surface area contributed by atoms with Crippen LogP contribution in [0.2, 0.25) is 0 Å². The number of aromatic nitrogens is 1. The van der Waals surface area contributed by atoms with E-state index in [0.717, 1.165) is 0 Å². The molecule has 1 aromatic rings. The number of amides is 2. The number of carbonyl (C=O) groups excluding carboxylic acids is 3. The van der Waals surface area contributed by atoms with E-state index in [1.54, 1.807) is 23.2 Å². The van der Waals surface area contributed by atoms with Gasteiger partial charge in [-0.3, -0.25) is 19.7 Å². The van der Waals surface area contributed by atoms with Gasteiger partial charge < -0.3 is 4.90 Å². The second-order valence-electron chi connectivity index (χ2n) is 4.40. The molecule has 0 radical (unpaired) electrons. The smallest absolute Gasteiger partial charge is 0.249 e. The SMILES string of the molecule is CCC1C(=O)NC(=O)CN1c1ncccc1C(C)=O. The van der Waals surface area contributed by atoms with E-state index >= 15 is 0 Å². The molecule has 1 fully saturated rings. The third-order valence-electron chi connectivity index (χ3n) is 3.08. The molecular formula is C13H15N3O3. The van der Waals surface area contributed by atoms with Gasteiger partial charge in [-0.25, -0.2) is 4.98 Å². The van der Waals surface area contributed by atoms with Gasteiger partial charge in [0.05, 0.1) is 12.1 Å². The molecule has 6 nitrogen and oxygen atoms in total. The molecule has 0 aromatic carbocycles. The van der Waals surface area contributed by atoms with Crippen molar-refractivity contribution in [3.8, 4) is 0 Å². The van der Waals surface area contributed by atoms with Crippen molar-refractivity contribution in [3.63, 3.8) is 0 Å². The van der Waals surface area contributed by atoms with Gasteiger partial charge in [-0.2, -0.15) is 0 Å². The fourth-order valence-electron chi connectivity index (χ4n) is 2.20. The average molecular weight is 261 g/mol. The Hall–Kier alpha value is -2.24. The molecule has 1 N–H and O–H groups in total. The van der Waals surface area contributed by atoms with Gasteiger partial charge in [-0.1, -0.05) is 6.92 Å². The van der Waals surface area contributed by atoms with Crippen LogP contribution in [-0.4, -0.2) is 35.2 Å². The normalized spacial score (nSPS) is 19.3. The minimum atomic E-state index is -0.481. The molecule has 1 aliphatic rings. The number of anilines is 1. The summed E-state index contributed by atoms with van der Waals surface area (Å²) in [4.78, 5) is 40.7. The van der Waals surface area contributed by atoms with Crippen LogP contribution in [0.25, 0.3) is 0 Å². The summed E-state index contributed by atoms with van der Waals surface area (Å²) in [6.45, 7) is 3.32. The largest absolute Gasteiger partial charge is 0.335 e. The highest BCUT2D eigenvalue weighted by atomic mass is 16.2. The van der Waals surface area contributed by atoms with Gasteiger partial charge in [-0.05, 0) is 25.5 Å². The Morgan fingerprint density at radius 2 is 2.26 bits per heavy atom. The highest BCUT2D eigenvalue weighted by Crippen LogP contribution is 2.23. The van der Waals surface area contributed by atoms with Crippen molar-refractivity contribution in [1.82, 2.24) is 10.3 Å². The van der Waals surface area contributed by atoms with E-state index in [9.17, 15) is 14.4 Å². The Morgan fingerprint density at radius 1 is 1.53 bits per heavy atom. The van der Waals surface area contributed by atoms with Crippen LogP contribution in [0.3, 0.4) is 0 Å². The molecule has 1 unspecified atom stereocenters. The number of hydrogen-bond donors (Lipinski definition) is 1. The molecule has 19 heavy (non-hydrogen) atoms. The summed E-state index contributed by atoms with van der Waals surface area (Å²) in [6.07, 6.45) is 2.08. The van der Waals surface area contributed by atoms with Gasteiger partial charge in [0.2, 0.25) is 11.8 Å². The van der Waals surface area contributed by atoms with E-state index in [-0.39, 0.29) is 24.1 Å². The molecule has 0 aliphatic carbocycles. The quantitative estimate of drug-likeness (QED) is 0.634. The minimum absolute atomic E-state index is 0.0293. The highest BCUT2D eigenvalue weighted by Gasteiger charge is 2.34. The second-order valence-corrected chi connectivity index (χ2v) is 4.40. The van der Waals surface area contributed by atoms with E-state index < -0.39 is 6.04 Å². The first-order valence-corrected chi connectivity index (χ1v) is 6.11. The second kappa shape index (κ2) is 5.17. The summed E-state index contributed by atoms with van der Waals surface area (Å²) in [5, 5.41) is 2.30. The van der Waals surface area contributed by atoms with E-state index in [1.807, 2.05) is 6.92 Å². The van der Waals surface area contributed by atoms with Gasteiger partial charge in [0.1, 0.15) is 11.9 Å². The first-order chi connectivity index (χ1) is 9.04. The van der Waals surface area contributed by atoms with Crippen LogP contribution < -0.4 is 10.2 Å². The van der Waals surface area contributed by atoms with Gasteiger partial charge >= 0.3 is 0 Å². The number of nitrogens with one attached hydrogen (secondary N) is 1. The summed E-state index contributed by atoms with van der Waals surface area (Å²) in [6, 6.07) is 2.83. The highest BCUT2D eigenvalue weighted by molar-refractivity contribution is 6.06. The van der Waals surface area contributed by atoms with E-state index in [2.05, 4.69) is 10.3 Å². The lowest BCUT2D eigenvalue weighted by Gasteiger charge is -2.35. The topological polar surface area (TPSA) is 79.4 Å². The zero-order valence-electron chi connectivity index (χ0n) is 10.8. The number of rotatable bonds is 3. The van der Waals surface area contributed by atoms with Crippen LogP contribution in [0.1, 0.15) is 30.6 Å². The fraction of sp³-hybridized carbons (Fsp3) is 0.385. The van der Waals surface area contributed by atoms with Crippen LogP contribution >= 0.6 is 0 Å². The summed E-state index contributed by atoms with van der Waals surface area (Å²) >= 11 is 0. The molecule has 0 spiro atoms. The first-order valence-electron chi connectivity index (χ1n) is 6.11. The Balaban J connectivity index is 2.46. The molecule has 0 bridgehead atoms. The number of Topliss-reactive ketones (excluding diaryl/α,β-unsaturated/α-hetero) is 1. The zero-order valence-corrected chi connectivity index (χ0v) is 10.8. The molecule has 6 heteroatoms. The van der Waals surface area contributed by atoms with Crippen LogP contribution in [0.4, 0.5) is 5.82 Å². The Morgan fingerprint density at radius 3 is 2.89 bits per heavy atom. The molecule has 2 rings (SSSR count). The van der Waals surface area contributed by atoms with Gasteiger partial charge in [-0.15, -0.1) is 0 Å². The van der Waals surface area contributed by atoms with Gasteiger partial charge in [0, 0.05) is 6.20 Å². The van der Waals surface area contributed by atoms with Gasteiger partial charge in [0.15, 0.2) is 5.78 Å². The fourth-order valence-corrected chi connectivity index (χ4v) is 2.20. The number of carbonyl (C=O) groups is 3. The number of hydrogen-bond acceptors (Lipinski definition) is 5. The van der Waals surface area contributed by atoms with Crippen LogP contribution in [0.5, 0.6) is 0 Å². The molecule has 2 heterocycles. The van der Waals surface area contributed by atoms with Crippen molar-refractivity contribution in [2.24, 2.45) is 0 Å². The molecule has 1 atom stereocenters. The van der Waals surface area contributed by atoms with Crippen molar-refractivity contribution in [2.45, 2.75) is 26.3 Å². The maximum Gasteiger partial charge on any atom is 0.249 e. The maximum atomic E-state index is 11.8. The number of piperazine rings is 1. The van der Waals surface area contributed by atoms with Crippen molar-refractivity contribution in [1.29, 1.82) is 0 Å². The predicted octanol–water partition coefficient (Wildman–Crippen LogP) is 0.526. The monoisotopic (exact) mass is 261 g/mol. The lowest BCUT2D eigenvalue weighted by Crippen LogP contribution is -2.58. The maximum absolute atomic E-state index is 11.8. The van der Waals surface area contributed by atoms with Crippen LogP contribution in [0, 0.1) is 0 Å². The standard InChI is InChI=1S/C13H15N3O3/c1-3-10-13(19)15-11(18)7-16(10)12-9(8(2)17)5-4-6-14-12/h4-6,10H,3,7H2,1-2H3,(H,15,18,19). The van der Waals surface area contributed by atoms with Crippen molar-refractivity contribution >= 4 is 23.4 Å². The number of ketones is 1. The van der Waals surface area contributed by atoms with E-state index in [0.29, 0.717) is 17.8 Å². The van der Waals surface area contributed by atoms with Crippen molar-refractivity contribution < 1.29 is 14.4 Å². The lowest BCUT2D eigenvalue weighted by molar-refractivity contribution is -0.132. The summed E-state index contributed by atoms with van der Waals surface area (Å²) < 4.78 is 0. The number of pyridine rings is 1. The molecular weight excluding hydrogens is 246 g/mol. The minimum Gasteiger partial charge on any atom is -0.335 e. The first kappa shape index (κ1) is 13.2. The third-order valence-corrected chi connectivity index (χ3v) is 3.08.